The standard InChI is InChI=1S/C11H23N3/c1-11(2)9-14(6-4-5-12-11)10-7-13(3)8-10/h10,12H,4-9H2,1-3H3. The molecule has 2 aliphatic heterocycles. The molecule has 0 aromatic rings. The van der Waals surface area contributed by atoms with E-state index in [1.54, 1.807) is 0 Å². The summed E-state index contributed by atoms with van der Waals surface area (Å²) >= 11 is 0. The molecule has 2 aliphatic rings. The minimum atomic E-state index is 0.296. The summed E-state index contributed by atoms with van der Waals surface area (Å²) in [7, 11) is 2.21. The topological polar surface area (TPSA) is 18.5 Å². The van der Waals surface area contributed by atoms with E-state index in [9.17, 15) is 0 Å². The molecule has 82 valence electrons. The van der Waals surface area contributed by atoms with Crippen LogP contribution in [-0.4, -0.2) is 61.2 Å². The highest BCUT2D eigenvalue weighted by Crippen LogP contribution is 2.18. The number of rotatable bonds is 1. The summed E-state index contributed by atoms with van der Waals surface area (Å²) in [4.78, 5) is 5.07. The van der Waals surface area contributed by atoms with Crippen LogP contribution in [0.3, 0.4) is 0 Å². The Morgan fingerprint density at radius 1 is 1.29 bits per heavy atom. The fourth-order valence-electron chi connectivity index (χ4n) is 2.56. The van der Waals surface area contributed by atoms with Crippen molar-refractivity contribution in [2.45, 2.75) is 31.8 Å². The SMILES string of the molecule is CN1CC(N2CCCNC(C)(C)C2)C1. The van der Waals surface area contributed by atoms with Gasteiger partial charge in [0.2, 0.25) is 0 Å². The molecule has 0 bridgehead atoms. The molecule has 1 N–H and O–H groups in total. The molecule has 0 atom stereocenters. The van der Waals surface area contributed by atoms with Gasteiger partial charge < -0.3 is 10.2 Å². The van der Waals surface area contributed by atoms with E-state index in [4.69, 9.17) is 0 Å². The van der Waals surface area contributed by atoms with Crippen LogP contribution in [0.5, 0.6) is 0 Å². The lowest BCUT2D eigenvalue weighted by Gasteiger charge is -2.45. The van der Waals surface area contributed by atoms with Gasteiger partial charge in [-0.05, 0) is 40.4 Å². The van der Waals surface area contributed by atoms with E-state index in [2.05, 4.69) is 36.0 Å². The molecule has 0 radical (unpaired) electrons. The van der Waals surface area contributed by atoms with Crippen molar-refractivity contribution in [1.82, 2.24) is 15.1 Å². The first kappa shape index (κ1) is 10.4. The third kappa shape index (κ3) is 2.27. The molecule has 2 heterocycles. The van der Waals surface area contributed by atoms with Crippen molar-refractivity contribution in [2.24, 2.45) is 0 Å². The van der Waals surface area contributed by atoms with Gasteiger partial charge in [0.25, 0.3) is 0 Å². The summed E-state index contributed by atoms with van der Waals surface area (Å²) in [5.41, 5.74) is 0.296. The second-order valence-electron chi connectivity index (χ2n) is 5.51. The highest BCUT2D eigenvalue weighted by Gasteiger charge is 2.33. The minimum absolute atomic E-state index is 0.296. The van der Waals surface area contributed by atoms with E-state index in [1.165, 1.54) is 39.1 Å². The predicted molar refractivity (Wildman–Crippen MR) is 59.6 cm³/mol. The molecular formula is C11H23N3. The molecule has 3 heteroatoms. The van der Waals surface area contributed by atoms with Crippen LogP contribution in [-0.2, 0) is 0 Å². The molecule has 0 aliphatic carbocycles. The monoisotopic (exact) mass is 197 g/mol. The molecule has 0 amide bonds. The number of nitrogens with zero attached hydrogens (tertiary/aromatic N) is 2. The molecule has 0 saturated carbocycles. The Hall–Kier alpha value is -0.120. The van der Waals surface area contributed by atoms with E-state index in [-0.39, 0.29) is 0 Å². The maximum atomic E-state index is 3.61. The van der Waals surface area contributed by atoms with E-state index in [1.807, 2.05) is 0 Å². The summed E-state index contributed by atoms with van der Waals surface area (Å²) in [6.07, 6.45) is 1.30. The zero-order valence-electron chi connectivity index (χ0n) is 9.71. The van der Waals surface area contributed by atoms with Gasteiger partial charge in [-0.15, -0.1) is 0 Å². The quantitative estimate of drug-likeness (QED) is 0.655. The molecule has 0 aromatic heterocycles. The lowest BCUT2D eigenvalue weighted by molar-refractivity contribution is 0.0441. The zero-order chi connectivity index (χ0) is 10.2. The Labute approximate surface area is 87.4 Å². The molecular weight excluding hydrogens is 174 g/mol. The van der Waals surface area contributed by atoms with Crippen molar-refractivity contribution in [3.63, 3.8) is 0 Å². The highest BCUT2D eigenvalue weighted by atomic mass is 15.3. The Kier molecular flexibility index (Phi) is 2.82. The van der Waals surface area contributed by atoms with Gasteiger partial charge >= 0.3 is 0 Å². The van der Waals surface area contributed by atoms with Crippen LogP contribution < -0.4 is 5.32 Å². The summed E-state index contributed by atoms with van der Waals surface area (Å²) in [5.74, 6) is 0. The highest BCUT2D eigenvalue weighted by molar-refractivity contribution is 4.92. The Bertz CT molecular complexity index is 197. The number of likely N-dealkylation sites (tertiary alicyclic amines) is 1. The fourth-order valence-corrected chi connectivity index (χ4v) is 2.56. The lowest BCUT2D eigenvalue weighted by atomic mass is 10.0. The number of nitrogens with one attached hydrogen (secondary N) is 1. The molecule has 3 nitrogen and oxygen atoms in total. The van der Waals surface area contributed by atoms with Gasteiger partial charge in [0.1, 0.15) is 0 Å². The molecule has 2 fully saturated rings. The van der Waals surface area contributed by atoms with Crippen molar-refractivity contribution in [3.8, 4) is 0 Å². The van der Waals surface area contributed by atoms with E-state index in [0.717, 1.165) is 6.04 Å². The van der Waals surface area contributed by atoms with Crippen molar-refractivity contribution < 1.29 is 0 Å². The first-order chi connectivity index (χ1) is 6.57. The normalized spacial score (nSPS) is 31.1. The van der Waals surface area contributed by atoms with Gasteiger partial charge in [-0.25, -0.2) is 0 Å². The van der Waals surface area contributed by atoms with Crippen molar-refractivity contribution in [3.05, 3.63) is 0 Å². The summed E-state index contributed by atoms with van der Waals surface area (Å²) in [5, 5.41) is 3.61. The zero-order valence-corrected chi connectivity index (χ0v) is 9.71. The summed E-state index contributed by atoms with van der Waals surface area (Å²) < 4.78 is 0. The van der Waals surface area contributed by atoms with E-state index in [0.29, 0.717) is 5.54 Å². The van der Waals surface area contributed by atoms with Gasteiger partial charge in [-0.1, -0.05) is 0 Å². The Morgan fingerprint density at radius 3 is 2.64 bits per heavy atom. The fraction of sp³-hybridized carbons (Fsp3) is 1.00. The largest absolute Gasteiger partial charge is 0.310 e. The number of hydrogen-bond acceptors (Lipinski definition) is 3. The first-order valence-electron chi connectivity index (χ1n) is 5.74. The van der Waals surface area contributed by atoms with Gasteiger partial charge in [0.15, 0.2) is 0 Å². The van der Waals surface area contributed by atoms with Gasteiger partial charge in [-0.2, -0.15) is 0 Å². The maximum Gasteiger partial charge on any atom is 0.0351 e. The average Bonchev–Trinajstić information content (AvgIpc) is 2.20. The third-order valence-electron chi connectivity index (χ3n) is 3.39. The third-order valence-corrected chi connectivity index (χ3v) is 3.39. The number of likely N-dealkylation sites (N-methyl/N-ethyl adjacent to an activating group) is 1. The van der Waals surface area contributed by atoms with Crippen LogP contribution in [0, 0.1) is 0 Å². The molecule has 2 rings (SSSR count). The number of hydrogen-bond donors (Lipinski definition) is 1. The van der Waals surface area contributed by atoms with Crippen LogP contribution in [0.1, 0.15) is 20.3 Å². The lowest BCUT2D eigenvalue weighted by Crippen LogP contribution is -2.60. The Balaban J connectivity index is 1.91. The first-order valence-corrected chi connectivity index (χ1v) is 5.74. The smallest absolute Gasteiger partial charge is 0.0351 e. The van der Waals surface area contributed by atoms with Crippen LogP contribution >= 0.6 is 0 Å². The Morgan fingerprint density at radius 2 is 2.00 bits per heavy atom. The van der Waals surface area contributed by atoms with Crippen LogP contribution in [0.2, 0.25) is 0 Å². The average molecular weight is 197 g/mol. The van der Waals surface area contributed by atoms with Crippen molar-refractivity contribution >= 4 is 0 Å². The molecule has 2 saturated heterocycles. The molecule has 0 unspecified atom stereocenters. The van der Waals surface area contributed by atoms with E-state index < -0.39 is 0 Å². The van der Waals surface area contributed by atoms with Crippen molar-refractivity contribution in [2.75, 3.05) is 39.8 Å². The van der Waals surface area contributed by atoms with E-state index >= 15 is 0 Å². The van der Waals surface area contributed by atoms with Gasteiger partial charge in [0, 0.05) is 31.2 Å². The summed E-state index contributed by atoms with van der Waals surface area (Å²) in [6, 6.07) is 0.819. The van der Waals surface area contributed by atoms with Crippen LogP contribution in [0.25, 0.3) is 0 Å². The maximum absolute atomic E-state index is 3.61. The molecule has 0 spiro atoms. The van der Waals surface area contributed by atoms with Crippen LogP contribution in [0.15, 0.2) is 0 Å². The predicted octanol–water partition coefficient (Wildman–Crippen LogP) is 0.374. The molecule has 0 aromatic carbocycles. The van der Waals surface area contributed by atoms with Crippen molar-refractivity contribution in [1.29, 1.82) is 0 Å². The molecule has 14 heavy (non-hydrogen) atoms. The van der Waals surface area contributed by atoms with Gasteiger partial charge in [0.05, 0.1) is 0 Å². The minimum Gasteiger partial charge on any atom is -0.310 e. The van der Waals surface area contributed by atoms with Gasteiger partial charge in [-0.3, -0.25) is 4.90 Å². The van der Waals surface area contributed by atoms with Crippen LogP contribution in [0.4, 0.5) is 0 Å². The second-order valence-corrected chi connectivity index (χ2v) is 5.51. The summed E-state index contributed by atoms with van der Waals surface area (Å²) in [6.45, 7) is 10.8. The second kappa shape index (κ2) is 3.80.